The molecule has 0 aromatic heterocycles. The normalized spacial score (nSPS) is 43.1. The monoisotopic (exact) mass is 135 g/mol. The Morgan fingerprint density at radius 1 is 1.40 bits per heavy atom. The van der Waals surface area contributed by atoms with Gasteiger partial charge in [0.2, 0.25) is 0 Å². The molecule has 0 heterocycles. The molecule has 2 aliphatic carbocycles. The predicted octanol–water partition coefficient (Wildman–Crippen LogP) is 2.81. The van der Waals surface area contributed by atoms with E-state index >= 15 is 0 Å². The molecule has 0 nitrogen and oxygen atoms in total. The molecule has 0 aromatic rings. The molecule has 2 unspecified atom stereocenters. The van der Waals surface area contributed by atoms with Crippen LogP contribution >= 0.6 is 0 Å². The second kappa shape index (κ2) is 1.66. The van der Waals surface area contributed by atoms with Gasteiger partial charge in [-0.2, -0.15) is 0 Å². The molecule has 2 aliphatic rings. The van der Waals surface area contributed by atoms with Gasteiger partial charge in [-0.3, -0.25) is 0 Å². The third kappa shape index (κ3) is 0.574. The highest BCUT2D eigenvalue weighted by atomic mass is 14.5. The second-order valence-electron chi connectivity index (χ2n) is 4.24. The van der Waals surface area contributed by atoms with Crippen molar-refractivity contribution >= 4 is 0 Å². The zero-order valence-corrected chi connectivity index (χ0v) is 7.02. The summed E-state index contributed by atoms with van der Waals surface area (Å²) in [6.45, 7) is 7.06. The average Bonchev–Trinajstić information content (AvgIpc) is 2.37. The molecule has 2 atom stereocenters. The Kier molecular flexibility index (Phi) is 1.07. The quantitative estimate of drug-likeness (QED) is 0.448. The van der Waals surface area contributed by atoms with Crippen molar-refractivity contribution in [2.75, 3.05) is 0 Å². The van der Waals surface area contributed by atoms with E-state index in [0.717, 1.165) is 11.8 Å². The molecule has 0 aromatic carbocycles. The van der Waals surface area contributed by atoms with Crippen molar-refractivity contribution in [3.63, 3.8) is 0 Å². The van der Waals surface area contributed by atoms with E-state index in [1.165, 1.54) is 6.42 Å². The van der Waals surface area contributed by atoms with Gasteiger partial charge in [-0.05, 0) is 29.6 Å². The van der Waals surface area contributed by atoms with Gasteiger partial charge in [0.1, 0.15) is 0 Å². The van der Waals surface area contributed by atoms with Crippen molar-refractivity contribution in [3.05, 3.63) is 18.1 Å². The van der Waals surface area contributed by atoms with Gasteiger partial charge in [0.05, 0.1) is 0 Å². The zero-order valence-electron chi connectivity index (χ0n) is 7.02. The van der Waals surface area contributed by atoms with Gasteiger partial charge in [0.15, 0.2) is 0 Å². The van der Waals surface area contributed by atoms with Gasteiger partial charge in [-0.15, -0.1) is 0 Å². The second-order valence-corrected chi connectivity index (χ2v) is 4.24. The molecular weight excluding hydrogens is 120 g/mol. The third-order valence-corrected chi connectivity index (χ3v) is 3.58. The Morgan fingerprint density at radius 2 is 2.10 bits per heavy atom. The largest absolute Gasteiger partial charge is 0.0845 e. The summed E-state index contributed by atoms with van der Waals surface area (Å²) in [7, 11) is 0. The van der Waals surface area contributed by atoms with Crippen molar-refractivity contribution in [1.82, 2.24) is 0 Å². The van der Waals surface area contributed by atoms with E-state index in [1.807, 2.05) is 0 Å². The maximum Gasteiger partial charge on any atom is -0.0141 e. The average molecular weight is 135 g/mol. The van der Waals surface area contributed by atoms with Gasteiger partial charge >= 0.3 is 0 Å². The van der Waals surface area contributed by atoms with E-state index in [4.69, 9.17) is 0 Å². The molecule has 55 valence electrons. The Hall–Kier alpha value is -0.260. The number of hydrogen-bond acceptors (Lipinski definition) is 0. The molecule has 0 amide bonds. The predicted molar refractivity (Wildman–Crippen MR) is 43.4 cm³/mol. The maximum atomic E-state index is 2.40. The first-order chi connectivity index (χ1) is 4.62. The number of fused-ring (bicyclic) bond motifs is 2. The zero-order chi connectivity index (χ0) is 7.35. The fourth-order valence-electron chi connectivity index (χ4n) is 2.33. The van der Waals surface area contributed by atoms with Crippen LogP contribution in [0.4, 0.5) is 0 Å². The molecule has 0 saturated heterocycles. The summed E-state index contributed by atoms with van der Waals surface area (Å²) in [5, 5.41) is 0. The number of hydrogen-bond donors (Lipinski definition) is 0. The van der Waals surface area contributed by atoms with Crippen LogP contribution in [-0.2, 0) is 0 Å². The van der Waals surface area contributed by atoms with Crippen LogP contribution in [0, 0.1) is 23.2 Å². The van der Waals surface area contributed by atoms with Crippen LogP contribution in [0.25, 0.3) is 0 Å². The maximum absolute atomic E-state index is 2.40. The first-order valence-corrected chi connectivity index (χ1v) is 4.14. The van der Waals surface area contributed by atoms with Crippen LogP contribution in [0.5, 0.6) is 0 Å². The van der Waals surface area contributed by atoms with Gasteiger partial charge in [-0.25, -0.2) is 0 Å². The van der Waals surface area contributed by atoms with Crippen molar-refractivity contribution in [3.8, 4) is 0 Å². The van der Waals surface area contributed by atoms with E-state index in [0.29, 0.717) is 5.41 Å². The molecule has 1 fully saturated rings. The van der Waals surface area contributed by atoms with E-state index in [1.54, 1.807) is 5.92 Å². The van der Waals surface area contributed by atoms with Crippen LogP contribution in [0.15, 0.2) is 12.2 Å². The summed E-state index contributed by atoms with van der Waals surface area (Å²) in [5.74, 6) is 3.36. The standard InChI is InChI=1S/C10H15/c1-7-8-4-5-9(6-8)10(7,2)3/h4-5,8-9H,6H2,1-3H3. The molecule has 2 bridgehead atoms. The smallest absolute Gasteiger partial charge is 0.0141 e. The first-order valence-electron chi connectivity index (χ1n) is 4.14. The molecule has 10 heavy (non-hydrogen) atoms. The molecule has 1 radical (unpaired) electrons. The van der Waals surface area contributed by atoms with Crippen molar-refractivity contribution in [2.45, 2.75) is 27.2 Å². The van der Waals surface area contributed by atoms with Crippen molar-refractivity contribution in [1.29, 1.82) is 0 Å². The molecule has 0 spiro atoms. The van der Waals surface area contributed by atoms with Gasteiger partial charge in [0, 0.05) is 0 Å². The van der Waals surface area contributed by atoms with Crippen LogP contribution in [0.2, 0.25) is 0 Å². The molecule has 0 aliphatic heterocycles. The summed E-state index contributed by atoms with van der Waals surface area (Å²) in [6, 6.07) is 0. The minimum absolute atomic E-state index is 0.499. The Labute approximate surface area is 63.3 Å². The lowest BCUT2D eigenvalue weighted by molar-refractivity contribution is 0.330. The molecule has 0 heteroatoms. The summed E-state index contributed by atoms with van der Waals surface area (Å²) in [4.78, 5) is 0. The molecule has 2 rings (SSSR count). The van der Waals surface area contributed by atoms with Crippen LogP contribution in [-0.4, -0.2) is 0 Å². The van der Waals surface area contributed by atoms with E-state index < -0.39 is 0 Å². The lowest BCUT2D eigenvalue weighted by atomic mass is 9.72. The lowest BCUT2D eigenvalue weighted by Crippen LogP contribution is -2.23. The van der Waals surface area contributed by atoms with Gasteiger partial charge < -0.3 is 0 Å². The summed E-state index contributed by atoms with van der Waals surface area (Å²) >= 11 is 0. The van der Waals surface area contributed by atoms with E-state index in [-0.39, 0.29) is 0 Å². The highest BCUT2D eigenvalue weighted by molar-refractivity contribution is 5.27. The summed E-state index contributed by atoms with van der Waals surface area (Å²) < 4.78 is 0. The van der Waals surface area contributed by atoms with Crippen molar-refractivity contribution < 1.29 is 0 Å². The molecule has 1 saturated carbocycles. The Bertz CT molecular complexity index is 176. The highest BCUT2D eigenvalue weighted by Gasteiger charge is 2.47. The summed E-state index contributed by atoms with van der Waals surface area (Å²) in [5.41, 5.74) is 0.499. The minimum Gasteiger partial charge on any atom is -0.0845 e. The van der Waals surface area contributed by atoms with Crippen LogP contribution < -0.4 is 0 Å². The number of rotatable bonds is 0. The van der Waals surface area contributed by atoms with Gasteiger partial charge in [0.25, 0.3) is 0 Å². The van der Waals surface area contributed by atoms with Crippen LogP contribution in [0.1, 0.15) is 27.2 Å². The van der Waals surface area contributed by atoms with E-state index in [9.17, 15) is 0 Å². The Morgan fingerprint density at radius 3 is 2.40 bits per heavy atom. The minimum atomic E-state index is 0.499. The van der Waals surface area contributed by atoms with E-state index in [2.05, 4.69) is 32.9 Å². The molecular formula is C10H15. The fourth-order valence-corrected chi connectivity index (χ4v) is 2.33. The third-order valence-electron chi connectivity index (χ3n) is 3.58. The topological polar surface area (TPSA) is 0 Å². The van der Waals surface area contributed by atoms with Crippen molar-refractivity contribution in [2.24, 2.45) is 17.3 Å². The van der Waals surface area contributed by atoms with Crippen LogP contribution in [0.3, 0.4) is 0 Å². The first kappa shape index (κ1) is 6.45. The molecule has 0 N–H and O–H groups in total. The fraction of sp³-hybridized carbons (Fsp3) is 0.700. The Balaban J connectivity index is 2.35. The highest BCUT2D eigenvalue weighted by Crippen LogP contribution is 2.56. The van der Waals surface area contributed by atoms with Gasteiger partial charge in [-0.1, -0.05) is 32.9 Å². The lowest BCUT2D eigenvalue weighted by Gasteiger charge is -2.32. The summed E-state index contributed by atoms with van der Waals surface area (Å²) in [6.07, 6.45) is 6.17. The number of allylic oxidation sites excluding steroid dienone is 2. The SMILES string of the molecule is C[C]1C2C=CC(C2)C1(C)C.